The number of carbonyl (C=O) groups excluding carboxylic acids is 2. The van der Waals surface area contributed by atoms with E-state index >= 15 is 0 Å². The van der Waals surface area contributed by atoms with Crippen LogP contribution in [0.25, 0.3) is 0 Å². The lowest BCUT2D eigenvalue weighted by molar-refractivity contribution is -0.125. The summed E-state index contributed by atoms with van der Waals surface area (Å²) < 4.78 is 0. The Hall–Kier alpha value is -2.08. The molecule has 0 aliphatic carbocycles. The monoisotopic (exact) mass is 276 g/mol. The summed E-state index contributed by atoms with van der Waals surface area (Å²) in [6.07, 6.45) is 1.89. The third-order valence-electron chi connectivity index (χ3n) is 3.56. The molecule has 5 N–H and O–H groups in total. The summed E-state index contributed by atoms with van der Waals surface area (Å²) >= 11 is 0. The van der Waals surface area contributed by atoms with Crippen LogP contribution >= 0.6 is 0 Å². The summed E-state index contributed by atoms with van der Waals surface area (Å²) in [5.74, 6) is 0.0142. The Morgan fingerprint density at radius 1 is 1.20 bits per heavy atom. The number of amides is 3. The molecule has 1 fully saturated rings. The lowest BCUT2D eigenvalue weighted by atomic mass is 9.82. The van der Waals surface area contributed by atoms with Crippen molar-refractivity contribution in [2.75, 3.05) is 23.7 Å². The van der Waals surface area contributed by atoms with Crippen LogP contribution in [0.3, 0.4) is 0 Å². The number of anilines is 2. The number of urea groups is 1. The topological polar surface area (TPSA) is 96.2 Å². The molecule has 20 heavy (non-hydrogen) atoms. The molecule has 108 valence electrons. The molecule has 6 nitrogen and oxygen atoms in total. The van der Waals surface area contributed by atoms with Gasteiger partial charge in [-0.3, -0.25) is 4.79 Å². The first-order valence-electron chi connectivity index (χ1n) is 6.68. The van der Waals surface area contributed by atoms with E-state index < -0.39 is 6.03 Å². The number of hydrogen-bond donors (Lipinski definition) is 4. The predicted octanol–water partition coefficient (Wildman–Crippen LogP) is 1.51. The highest BCUT2D eigenvalue weighted by Crippen LogP contribution is 2.27. The highest BCUT2D eigenvalue weighted by atomic mass is 16.2. The quantitative estimate of drug-likeness (QED) is 0.673. The van der Waals surface area contributed by atoms with Gasteiger partial charge in [-0.1, -0.05) is 0 Å². The zero-order valence-electron chi connectivity index (χ0n) is 11.5. The molecule has 1 saturated heterocycles. The van der Waals surface area contributed by atoms with Gasteiger partial charge in [0.1, 0.15) is 0 Å². The van der Waals surface area contributed by atoms with E-state index in [1.54, 1.807) is 24.3 Å². The highest BCUT2D eigenvalue weighted by molar-refractivity contribution is 5.95. The molecule has 1 aromatic rings. The Kier molecular flexibility index (Phi) is 4.24. The van der Waals surface area contributed by atoms with Gasteiger partial charge in [0.15, 0.2) is 0 Å². The molecular weight excluding hydrogens is 256 g/mol. The number of carbonyl (C=O) groups is 2. The van der Waals surface area contributed by atoms with Gasteiger partial charge in [-0.15, -0.1) is 0 Å². The number of nitrogens with two attached hydrogens (primary N) is 1. The number of hydrogen-bond acceptors (Lipinski definition) is 3. The van der Waals surface area contributed by atoms with Crippen LogP contribution in [0.2, 0.25) is 0 Å². The van der Waals surface area contributed by atoms with Crippen molar-refractivity contribution in [2.24, 2.45) is 11.1 Å². The zero-order chi connectivity index (χ0) is 14.6. The van der Waals surface area contributed by atoms with E-state index in [9.17, 15) is 9.59 Å². The Labute approximate surface area is 118 Å². The van der Waals surface area contributed by atoms with Gasteiger partial charge in [-0.05, 0) is 50.6 Å². The van der Waals surface area contributed by atoms with Crippen molar-refractivity contribution in [3.63, 3.8) is 0 Å². The van der Waals surface area contributed by atoms with Crippen molar-refractivity contribution < 1.29 is 9.59 Å². The summed E-state index contributed by atoms with van der Waals surface area (Å²) in [6.45, 7) is 3.63. The van der Waals surface area contributed by atoms with Crippen LogP contribution in [-0.4, -0.2) is 25.0 Å². The minimum Gasteiger partial charge on any atom is -0.351 e. The predicted molar refractivity (Wildman–Crippen MR) is 78.5 cm³/mol. The van der Waals surface area contributed by atoms with Gasteiger partial charge < -0.3 is 21.7 Å². The maximum absolute atomic E-state index is 12.3. The van der Waals surface area contributed by atoms with Crippen molar-refractivity contribution >= 4 is 23.3 Å². The fraction of sp³-hybridized carbons (Fsp3) is 0.429. The number of primary amides is 1. The van der Waals surface area contributed by atoms with E-state index in [1.807, 2.05) is 6.92 Å². The second kappa shape index (κ2) is 5.92. The van der Waals surface area contributed by atoms with Gasteiger partial charge in [0.25, 0.3) is 0 Å². The number of nitrogens with one attached hydrogen (secondary N) is 3. The van der Waals surface area contributed by atoms with E-state index in [0.717, 1.165) is 19.4 Å². The van der Waals surface area contributed by atoms with Gasteiger partial charge in [-0.25, -0.2) is 4.79 Å². The van der Waals surface area contributed by atoms with Crippen molar-refractivity contribution in [1.82, 2.24) is 5.32 Å². The highest BCUT2D eigenvalue weighted by Gasteiger charge is 2.34. The summed E-state index contributed by atoms with van der Waals surface area (Å²) in [5, 5.41) is 8.63. The maximum Gasteiger partial charge on any atom is 0.316 e. The molecule has 1 unspecified atom stereocenters. The number of rotatable bonds is 3. The molecule has 3 amide bonds. The van der Waals surface area contributed by atoms with Crippen molar-refractivity contribution in [1.29, 1.82) is 0 Å². The van der Waals surface area contributed by atoms with Crippen molar-refractivity contribution in [3.05, 3.63) is 24.3 Å². The number of benzene rings is 1. The van der Waals surface area contributed by atoms with Gasteiger partial charge in [0, 0.05) is 17.9 Å². The summed E-state index contributed by atoms with van der Waals surface area (Å²) in [5.41, 5.74) is 5.96. The van der Waals surface area contributed by atoms with Gasteiger partial charge >= 0.3 is 6.03 Å². The molecule has 1 atom stereocenters. The molecule has 1 aliphatic rings. The lowest BCUT2D eigenvalue weighted by Crippen LogP contribution is -2.46. The van der Waals surface area contributed by atoms with Crippen LogP contribution in [0.5, 0.6) is 0 Å². The molecule has 1 aromatic carbocycles. The van der Waals surface area contributed by atoms with Gasteiger partial charge in [0.2, 0.25) is 5.91 Å². The molecule has 1 heterocycles. The third-order valence-corrected chi connectivity index (χ3v) is 3.56. The summed E-state index contributed by atoms with van der Waals surface area (Å²) in [7, 11) is 0. The van der Waals surface area contributed by atoms with Crippen molar-refractivity contribution in [2.45, 2.75) is 19.8 Å². The third kappa shape index (κ3) is 3.48. The van der Waals surface area contributed by atoms with Crippen LogP contribution in [0.1, 0.15) is 19.8 Å². The van der Waals surface area contributed by atoms with Crippen LogP contribution in [-0.2, 0) is 4.79 Å². The molecule has 2 rings (SSSR count). The fourth-order valence-corrected chi connectivity index (χ4v) is 2.31. The first-order chi connectivity index (χ1) is 9.49. The largest absolute Gasteiger partial charge is 0.351 e. The normalized spacial score (nSPS) is 22.1. The second-order valence-corrected chi connectivity index (χ2v) is 5.36. The standard InChI is InChI=1S/C14H20N4O2/c1-14(7-2-8-16-9-14)12(19)17-10-3-5-11(6-4-10)18-13(15)20/h3-6,16H,2,7-9H2,1H3,(H,17,19)(H3,15,18,20). The van der Waals surface area contributed by atoms with Crippen molar-refractivity contribution in [3.8, 4) is 0 Å². The Bertz CT molecular complexity index is 492. The maximum atomic E-state index is 12.3. The fourth-order valence-electron chi connectivity index (χ4n) is 2.31. The molecule has 0 saturated carbocycles. The van der Waals surface area contributed by atoms with Crippen LogP contribution in [0.15, 0.2) is 24.3 Å². The zero-order valence-corrected chi connectivity index (χ0v) is 11.5. The van der Waals surface area contributed by atoms with E-state index in [0.29, 0.717) is 17.9 Å². The molecule has 0 radical (unpaired) electrons. The Morgan fingerprint density at radius 3 is 2.30 bits per heavy atom. The summed E-state index contributed by atoms with van der Waals surface area (Å²) in [6, 6.07) is 6.26. The minimum atomic E-state index is -0.609. The van der Waals surface area contributed by atoms with E-state index in [2.05, 4.69) is 16.0 Å². The SMILES string of the molecule is CC1(C(=O)Nc2ccc(NC(N)=O)cc2)CCCNC1. The molecule has 0 spiro atoms. The van der Waals surface area contributed by atoms with Gasteiger partial charge in [-0.2, -0.15) is 0 Å². The number of piperidine rings is 1. The first kappa shape index (κ1) is 14.3. The minimum absolute atomic E-state index is 0.0142. The average molecular weight is 276 g/mol. The molecule has 0 bridgehead atoms. The second-order valence-electron chi connectivity index (χ2n) is 5.36. The van der Waals surface area contributed by atoms with Gasteiger partial charge in [0.05, 0.1) is 5.41 Å². The molecular formula is C14H20N4O2. The average Bonchev–Trinajstić information content (AvgIpc) is 2.41. The van der Waals surface area contributed by atoms with E-state index in [1.165, 1.54) is 0 Å². The van der Waals surface area contributed by atoms with Crippen LogP contribution < -0.4 is 21.7 Å². The molecule has 0 aromatic heterocycles. The first-order valence-corrected chi connectivity index (χ1v) is 6.68. The van der Waals surface area contributed by atoms with Crippen LogP contribution in [0, 0.1) is 5.41 Å². The Balaban J connectivity index is 1.98. The summed E-state index contributed by atoms with van der Waals surface area (Å²) in [4.78, 5) is 23.0. The van der Waals surface area contributed by atoms with E-state index in [4.69, 9.17) is 5.73 Å². The smallest absolute Gasteiger partial charge is 0.316 e. The van der Waals surface area contributed by atoms with Crippen LogP contribution in [0.4, 0.5) is 16.2 Å². The Morgan fingerprint density at radius 2 is 1.80 bits per heavy atom. The molecule has 1 aliphatic heterocycles. The van der Waals surface area contributed by atoms with E-state index in [-0.39, 0.29) is 11.3 Å². The molecule has 6 heteroatoms. The lowest BCUT2D eigenvalue weighted by Gasteiger charge is -2.32.